The van der Waals surface area contributed by atoms with Gasteiger partial charge in [0.25, 0.3) is 10.0 Å². The van der Waals surface area contributed by atoms with Crippen molar-refractivity contribution >= 4 is 21.4 Å². The minimum atomic E-state index is -3.80. The first-order chi connectivity index (χ1) is 13.5. The van der Waals surface area contributed by atoms with Crippen LogP contribution in [0.1, 0.15) is 0 Å². The van der Waals surface area contributed by atoms with Gasteiger partial charge < -0.3 is 14.4 Å². The average Bonchev–Trinajstić information content (AvgIpc) is 2.70. The van der Waals surface area contributed by atoms with E-state index in [0.29, 0.717) is 36.1 Å². The molecule has 0 bridgehead atoms. The summed E-state index contributed by atoms with van der Waals surface area (Å²) in [5, 5.41) is 0. The Morgan fingerprint density at radius 3 is 2.57 bits per heavy atom. The van der Waals surface area contributed by atoms with Crippen LogP contribution >= 0.6 is 0 Å². The van der Waals surface area contributed by atoms with Crippen molar-refractivity contribution in [2.75, 3.05) is 29.8 Å². The molecule has 1 aliphatic heterocycles. The second kappa shape index (κ2) is 7.44. The lowest BCUT2D eigenvalue weighted by molar-refractivity contribution is 0.311. The number of para-hydroxylation sites is 3. The Kier molecular flexibility index (Phi) is 4.83. The third-order valence-corrected chi connectivity index (χ3v) is 5.80. The normalized spacial score (nSPS) is 13.4. The van der Waals surface area contributed by atoms with Gasteiger partial charge >= 0.3 is 0 Å². The summed E-state index contributed by atoms with van der Waals surface area (Å²) < 4.78 is 40.0. The van der Waals surface area contributed by atoms with E-state index in [1.807, 2.05) is 42.3 Å². The molecule has 0 saturated carbocycles. The number of fused-ring (bicyclic) bond motifs is 1. The summed E-state index contributed by atoms with van der Waals surface area (Å²) in [5.74, 6) is 1.73. The van der Waals surface area contributed by atoms with Crippen LogP contribution in [0, 0.1) is 0 Å². The second-order valence-electron chi connectivity index (χ2n) is 6.42. The second-order valence-corrected chi connectivity index (χ2v) is 8.10. The molecule has 1 heterocycles. The Bertz CT molecular complexity index is 1080. The van der Waals surface area contributed by atoms with Crippen LogP contribution < -0.4 is 19.1 Å². The van der Waals surface area contributed by atoms with Gasteiger partial charge in [0.1, 0.15) is 18.1 Å². The molecule has 0 saturated heterocycles. The molecule has 0 radical (unpaired) electrons. The Hall–Kier alpha value is -3.19. The molecule has 144 valence electrons. The molecule has 0 spiro atoms. The minimum Gasteiger partial charge on any atom is -0.490 e. The van der Waals surface area contributed by atoms with Crippen LogP contribution in [0.2, 0.25) is 0 Å². The Balaban J connectivity index is 1.63. The third-order valence-electron chi connectivity index (χ3n) is 4.44. The van der Waals surface area contributed by atoms with E-state index >= 15 is 0 Å². The zero-order valence-corrected chi connectivity index (χ0v) is 16.1. The van der Waals surface area contributed by atoms with Crippen LogP contribution in [0.15, 0.2) is 77.7 Å². The number of nitrogens with one attached hydrogen (secondary N) is 1. The summed E-state index contributed by atoms with van der Waals surface area (Å²) in [6.07, 6.45) is 0. The molecule has 1 aliphatic rings. The van der Waals surface area contributed by atoms with Crippen LogP contribution in [0.4, 0.5) is 11.4 Å². The standard InChI is InChI=1S/C21H20N2O4S/c1-23-13-14-26-21-12-11-17(15-19(21)23)28(24,25)22-18-9-5-6-10-20(18)27-16-7-3-2-4-8-16/h2-12,15,22H,13-14H2,1H3. The fourth-order valence-electron chi connectivity index (χ4n) is 2.96. The molecule has 7 heteroatoms. The van der Waals surface area contributed by atoms with Crippen molar-refractivity contribution in [2.45, 2.75) is 4.90 Å². The lowest BCUT2D eigenvalue weighted by atomic mass is 10.2. The molecule has 0 atom stereocenters. The number of nitrogens with zero attached hydrogens (tertiary/aromatic N) is 1. The van der Waals surface area contributed by atoms with Crippen molar-refractivity contribution in [3.05, 3.63) is 72.8 Å². The van der Waals surface area contributed by atoms with Crippen LogP contribution in [0.3, 0.4) is 0 Å². The first-order valence-electron chi connectivity index (χ1n) is 8.86. The Morgan fingerprint density at radius 1 is 1.00 bits per heavy atom. The summed E-state index contributed by atoms with van der Waals surface area (Å²) in [6, 6.07) is 21.0. The number of ether oxygens (including phenoxy) is 2. The van der Waals surface area contributed by atoms with Crippen molar-refractivity contribution in [3.8, 4) is 17.2 Å². The van der Waals surface area contributed by atoms with Crippen molar-refractivity contribution in [3.63, 3.8) is 0 Å². The smallest absolute Gasteiger partial charge is 0.262 e. The molecule has 6 nitrogen and oxygen atoms in total. The monoisotopic (exact) mass is 396 g/mol. The fourth-order valence-corrected chi connectivity index (χ4v) is 4.05. The van der Waals surface area contributed by atoms with Crippen molar-refractivity contribution in [1.82, 2.24) is 0 Å². The molecule has 4 rings (SSSR count). The van der Waals surface area contributed by atoms with Crippen LogP contribution in [0.25, 0.3) is 0 Å². The number of likely N-dealkylation sites (N-methyl/N-ethyl adjacent to an activating group) is 1. The van der Waals surface area contributed by atoms with Gasteiger partial charge in [0, 0.05) is 7.05 Å². The van der Waals surface area contributed by atoms with E-state index in [-0.39, 0.29) is 4.90 Å². The number of sulfonamides is 1. The van der Waals surface area contributed by atoms with E-state index in [0.717, 1.165) is 5.69 Å². The zero-order chi connectivity index (χ0) is 19.6. The topological polar surface area (TPSA) is 67.9 Å². The van der Waals surface area contributed by atoms with Gasteiger partial charge in [-0.1, -0.05) is 30.3 Å². The quantitative estimate of drug-likeness (QED) is 0.703. The number of anilines is 2. The highest BCUT2D eigenvalue weighted by Gasteiger charge is 2.22. The molecule has 0 aliphatic carbocycles. The SMILES string of the molecule is CN1CCOc2ccc(S(=O)(=O)Nc3ccccc3Oc3ccccc3)cc21. The fraction of sp³-hybridized carbons (Fsp3) is 0.143. The summed E-state index contributed by atoms with van der Waals surface area (Å²) in [6.45, 7) is 1.29. The molecule has 0 amide bonds. The van der Waals surface area contributed by atoms with Gasteiger partial charge in [0.05, 0.1) is 22.8 Å². The van der Waals surface area contributed by atoms with E-state index in [4.69, 9.17) is 9.47 Å². The lowest BCUT2D eigenvalue weighted by Gasteiger charge is -2.28. The predicted molar refractivity (Wildman–Crippen MR) is 109 cm³/mol. The maximum atomic E-state index is 13.0. The highest BCUT2D eigenvalue weighted by Crippen LogP contribution is 2.35. The van der Waals surface area contributed by atoms with Gasteiger partial charge in [-0.05, 0) is 42.5 Å². The molecule has 0 fully saturated rings. The van der Waals surface area contributed by atoms with Gasteiger partial charge in [-0.25, -0.2) is 8.42 Å². The van der Waals surface area contributed by atoms with E-state index in [1.54, 1.807) is 42.5 Å². The van der Waals surface area contributed by atoms with Gasteiger partial charge in [-0.15, -0.1) is 0 Å². The van der Waals surface area contributed by atoms with Gasteiger partial charge in [-0.3, -0.25) is 4.72 Å². The minimum absolute atomic E-state index is 0.165. The van der Waals surface area contributed by atoms with Crippen molar-refractivity contribution in [2.24, 2.45) is 0 Å². The highest BCUT2D eigenvalue weighted by molar-refractivity contribution is 7.92. The van der Waals surface area contributed by atoms with E-state index in [1.165, 1.54) is 0 Å². The molecule has 3 aromatic rings. The molecule has 0 aromatic heterocycles. The third kappa shape index (κ3) is 3.75. The predicted octanol–water partition coefficient (Wildman–Crippen LogP) is 4.11. The zero-order valence-electron chi connectivity index (χ0n) is 15.3. The molecular weight excluding hydrogens is 376 g/mol. The number of rotatable bonds is 5. The molecular formula is C21H20N2O4S. The molecule has 1 N–H and O–H groups in total. The first kappa shape index (κ1) is 18.2. The molecule has 3 aromatic carbocycles. The van der Waals surface area contributed by atoms with Crippen LogP contribution in [-0.4, -0.2) is 28.6 Å². The summed E-state index contributed by atoms with van der Waals surface area (Å²) in [7, 11) is -1.89. The van der Waals surface area contributed by atoms with Gasteiger partial charge in [0.15, 0.2) is 5.75 Å². The van der Waals surface area contributed by atoms with Gasteiger partial charge in [0.2, 0.25) is 0 Å². The maximum absolute atomic E-state index is 13.0. The summed E-state index contributed by atoms with van der Waals surface area (Å²) >= 11 is 0. The van der Waals surface area contributed by atoms with Crippen LogP contribution in [0.5, 0.6) is 17.2 Å². The first-order valence-corrected chi connectivity index (χ1v) is 10.3. The maximum Gasteiger partial charge on any atom is 0.262 e. The summed E-state index contributed by atoms with van der Waals surface area (Å²) in [5.41, 5.74) is 1.12. The highest BCUT2D eigenvalue weighted by atomic mass is 32.2. The van der Waals surface area contributed by atoms with E-state index in [9.17, 15) is 8.42 Å². The van der Waals surface area contributed by atoms with E-state index < -0.39 is 10.0 Å². The Labute approximate surface area is 164 Å². The Morgan fingerprint density at radius 2 is 1.75 bits per heavy atom. The van der Waals surface area contributed by atoms with Crippen LogP contribution in [-0.2, 0) is 10.0 Å². The summed E-state index contributed by atoms with van der Waals surface area (Å²) in [4.78, 5) is 2.14. The number of hydrogen-bond acceptors (Lipinski definition) is 5. The largest absolute Gasteiger partial charge is 0.490 e. The molecule has 0 unspecified atom stereocenters. The number of hydrogen-bond donors (Lipinski definition) is 1. The lowest BCUT2D eigenvalue weighted by Crippen LogP contribution is -2.29. The number of benzene rings is 3. The van der Waals surface area contributed by atoms with Gasteiger partial charge in [-0.2, -0.15) is 0 Å². The molecule has 28 heavy (non-hydrogen) atoms. The van der Waals surface area contributed by atoms with E-state index in [2.05, 4.69) is 4.72 Å². The van der Waals surface area contributed by atoms with Crippen molar-refractivity contribution in [1.29, 1.82) is 0 Å². The van der Waals surface area contributed by atoms with Crippen molar-refractivity contribution < 1.29 is 17.9 Å². The average molecular weight is 396 g/mol.